The van der Waals surface area contributed by atoms with Crippen molar-refractivity contribution in [2.24, 2.45) is 0 Å². The van der Waals surface area contributed by atoms with Crippen LogP contribution in [0.25, 0.3) is 0 Å². The lowest BCUT2D eigenvalue weighted by molar-refractivity contribution is 0.168. The minimum absolute atomic E-state index is 0.554. The highest BCUT2D eigenvalue weighted by molar-refractivity contribution is 6.95. The first-order valence-electron chi connectivity index (χ1n) is 1.84. The molecule has 0 fully saturated rings. The van der Waals surface area contributed by atoms with Crippen molar-refractivity contribution in [2.45, 2.75) is 19.1 Å². The van der Waals surface area contributed by atoms with Gasteiger partial charge in [-0.1, -0.05) is 0 Å². The van der Waals surface area contributed by atoms with Gasteiger partial charge < -0.3 is 5.11 Å². The van der Waals surface area contributed by atoms with Crippen LogP contribution in [0.2, 0.25) is 0 Å². The van der Waals surface area contributed by atoms with E-state index in [2.05, 4.69) is 0 Å². The molecule has 0 radical (unpaired) electrons. The van der Waals surface area contributed by atoms with Crippen LogP contribution in [0.4, 0.5) is 0 Å². The number of hydrogen-bond donors (Lipinski definition) is 1. The summed E-state index contributed by atoms with van der Waals surface area (Å²) in [6.07, 6.45) is 0. The van der Waals surface area contributed by atoms with Crippen LogP contribution in [0, 0.1) is 0 Å². The second-order valence-corrected chi connectivity index (χ2v) is 4.75. The molecular weight excluding hydrogens is 116 g/mol. The van der Waals surface area contributed by atoms with Crippen LogP contribution in [-0.4, -0.2) is 19.2 Å². The topological polar surface area (TPSA) is 20.2 Å². The van der Waals surface area contributed by atoms with E-state index in [-0.39, 0.29) is 0 Å². The molecule has 0 aliphatic carbocycles. The van der Waals surface area contributed by atoms with Crippen molar-refractivity contribution < 1.29 is 5.11 Å². The highest BCUT2D eigenvalue weighted by atomic mass is 35.6. The van der Waals surface area contributed by atoms with Crippen molar-refractivity contribution in [2.75, 3.05) is 0 Å². The Kier molecular flexibility index (Phi) is 2.11. The Hall–Kier alpha value is 0.467. The molecule has 0 rings (SSSR count). The summed E-state index contributed by atoms with van der Waals surface area (Å²) < 4.78 is 0. The standard InChI is InChI=1S/C3H9ClOSi/c1-3(2,5)6-4/h5H,6H2,1-2H3. The molecule has 1 N–H and O–H groups in total. The SMILES string of the molecule is CC(C)(O)[SiH2]Cl. The van der Waals surface area contributed by atoms with E-state index in [1.807, 2.05) is 0 Å². The van der Waals surface area contributed by atoms with Crippen LogP contribution >= 0.6 is 11.1 Å². The third kappa shape index (κ3) is 4.47. The zero-order chi connectivity index (χ0) is 5.21. The lowest BCUT2D eigenvalue weighted by Gasteiger charge is -2.09. The predicted molar refractivity (Wildman–Crippen MR) is 30.7 cm³/mol. The molecule has 0 aliphatic heterocycles. The van der Waals surface area contributed by atoms with Gasteiger partial charge >= 0.3 is 0 Å². The summed E-state index contributed by atoms with van der Waals surface area (Å²) in [5.74, 6) is 0. The summed E-state index contributed by atoms with van der Waals surface area (Å²) >= 11 is 5.37. The minimum atomic E-state index is -0.720. The summed E-state index contributed by atoms with van der Waals surface area (Å²) in [5, 5.41) is 8.20. The van der Waals surface area contributed by atoms with Gasteiger partial charge in [0, 0.05) is 0 Å². The van der Waals surface area contributed by atoms with Gasteiger partial charge in [-0.25, -0.2) is 0 Å². The molecule has 0 atom stereocenters. The summed E-state index contributed by atoms with van der Waals surface area (Å²) in [5.41, 5.74) is 0. The molecule has 0 saturated carbocycles. The fraction of sp³-hybridized carbons (Fsp3) is 1.00. The van der Waals surface area contributed by atoms with Crippen LogP contribution in [0.1, 0.15) is 13.8 Å². The van der Waals surface area contributed by atoms with E-state index >= 15 is 0 Å². The lowest BCUT2D eigenvalue weighted by atomic mass is 10.5. The molecule has 0 unspecified atom stereocenters. The van der Waals surface area contributed by atoms with Crippen molar-refractivity contribution in [1.82, 2.24) is 0 Å². The van der Waals surface area contributed by atoms with Gasteiger partial charge in [-0.05, 0) is 13.8 Å². The second kappa shape index (κ2) is 1.96. The summed E-state index contributed by atoms with van der Waals surface area (Å²) in [7, 11) is -0.720. The van der Waals surface area contributed by atoms with Crippen LogP contribution in [-0.2, 0) is 0 Å². The molecule has 0 bridgehead atoms. The molecule has 6 heavy (non-hydrogen) atoms. The quantitative estimate of drug-likeness (QED) is 0.387. The van der Waals surface area contributed by atoms with Crippen LogP contribution < -0.4 is 0 Å². The third-order valence-electron chi connectivity index (χ3n) is 0.327. The normalized spacial score (nSPS) is 14.0. The molecule has 0 amide bonds. The van der Waals surface area contributed by atoms with Gasteiger partial charge in [-0.3, -0.25) is 0 Å². The zero-order valence-corrected chi connectivity index (χ0v) is 6.20. The van der Waals surface area contributed by atoms with E-state index in [1.54, 1.807) is 13.8 Å². The van der Waals surface area contributed by atoms with Gasteiger partial charge in [0.25, 0.3) is 0 Å². The number of aliphatic hydroxyl groups is 1. The number of rotatable bonds is 1. The average molecular weight is 125 g/mol. The Labute approximate surface area is 44.8 Å². The fourth-order valence-corrected chi connectivity index (χ4v) is 0. The van der Waals surface area contributed by atoms with Crippen LogP contribution in [0.15, 0.2) is 0 Å². The predicted octanol–water partition coefficient (Wildman–Crippen LogP) is 0.0374. The van der Waals surface area contributed by atoms with Crippen molar-refractivity contribution in [3.8, 4) is 0 Å². The maximum Gasteiger partial charge on any atom is 0.159 e. The molecule has 3 heteroatoms. The Morgan fingerprint density at radius 3 is 1.83 bits per heavy atom. The molecule has 0 aromatic carbocycles. The van der Waals surface area contributed by atoms with Gasteiger partial charge in [0.05, 0.1) is 5.22 Å². The largest absolute Gasteiger partial charge is 0.393 e. The van der Waals surface area contributed by atoms with Crippen LogP contribution in [0.3, 0.4) is 0 Å². The van der Waals surface area contributed by atoms with Crippen molar-refractivity contribution in [3.63, 3.8) is 0 Å². The summed E-state index contributed by atoms with van der Waals surface area (Å²) in [4.78, 5) is 0. The molecule has 0 saturated heterocycles. The summed E-state index contributed by atoms with van der Waals surface area (Å²) in [6, 6.07) is 0. The van der Waals surface area contributed by atoms with Crippen LogP contribution in [0.5, 0.6) is 0 Å². The summed E-state index contributed by atoms with van der Waals surface area (Å²) in [6.45, 7) is 3.46. The Morgan fingerprint density at radius 2 is 1.83 bits per heavy atom. The molecule has 38 valence electrons. The fourth-order valence-electron chi connectivity index (χ4n) is 0. The lowest BCUT2D eigenvalue weighted by Crippen LogP contribution is -2.23. The van der Waals surface area contributed by atoms with Crippen molar-refractivity contribution in [3.05, 3.63) is 0 Å². The van der Waals surface area contributed by atoms with Gasteiger partial charge in [0.15, 0.2) is 8.83 Å². The second-order valence-electron chi connectivity index (χ2n) is 1.95. The van der Waals surface area contributed by atoms with Gasteiger partial charge in [0.1, 0.15) is 0 Å². The molecule has 1 nitrogen and oxygen atoms in total. The van der Waals surface area contributed by atoms with Gasteiger partial charge in [-0.2, -0.15) is 11.1 Å². The van der Waals surface area contributed by atoms with Gasteiger partial charge in [-0.15, -0.1) is 0 Å². The molecule has 0 spiro atoms. The van der Waals surface area contributed by atoms with Gasteiger partial charge in [0.2, 0.25) is 0 Å². The Morgan fingerprint density at radius 1 is 1.67 bits per heavy atom. The van der Waals surface area contributed by atoms with E-state index in [9.17, 15) is 0 Å². The average Bonchev–Trinajstić information content (AvgIpc) is 1.35. The number of hydrogen-bond acceptors (Lipinski definition) is 1. The maximum absolute atomic E-state index is 8.76. The van der Waals surface area contributed by atoms with E-state index < -0.39 is 14.1 Å². The Bertz CT molecular complexity index is 40.5. The molecule has 0 aliphatic rings. The smallest absolute Gasteiger partial charge is 0.159 e. The maximum atomic E-state index is 8.76. The minimum Gasteiger partial charge on any atom is -0.393 e. The third-order valence-corrected chi connectivity index (χ3v) is 2.94. The molecule has 0 aromatic rings. The number of halogens is 1. The van der Waals surface area contributed by atoms with E-state index in [1.165, 1.54) is 0 Å². The molecule has 0 heterocycles. The van der Waals surface area contributed by atoms with E-state index in [0.717, 1.165) is 0 Å². The zero-order valence-electron chi connectivity index (χ0n) is 4.03. The first-order valence-corrected chi connectivity index (χ1v) is 4.69. The molecule has 0 aromatic heterocycles. The first kappa shape index (κ1) is 6.47. The van der Waals surface area contributed by atoms with Crippen molar-refractivity contribution >= 4 is 19.9 Å². The van der Waals surface area contributed by atoms with E-state index in [0.29, 0.717) is 0 Å². The first-order chi connectivity index (χ1) is 2.56. The highest BCUT2D eigenvalue weighted by Crippen LogP contribution is 1.97. The molecular formula is C3H9ClOSi. The van der Waals surface area contributed by atoms with E-state index in [4.69, 9.17) is 16.2 Å². The monoisotopic (exact) mass is 124 g/mol. The van der Waals surface area contributed by atoms with Crippen molar-refractivity contribution in [1.29, 1.82) is 0 Å². The highest BCUT2D eigenvalue weighted by Gasteiger charge is 2.08. The Balaban J connectivity index is 3.17.